The number of rotatable bonds is 1. The van der Waals surface area contributed by atoms with Crippen molar-refractivity contribution in [3.05, 3.63) is 10.1 Å². The van der Waals surface area contributed by atoms with E-state index in [0.717, 1.165) is 19.3 Å². The van der Waals surface area contributed by atoms with Crippen molar-refractivity contribution in [3.63, 3.8) is 0 Å². The summed E-state index contributed by atoms with van der Waals surface area (Å²) in [4.78, 5) is 20.1. The Balaban J connectivity index is -0.000000222. The van der Waals surface area contributed by atoms with Gasteiger partial charge in [-0.15, -0.1) is 0 Å². The minimum Gasteiger partial charge on any atom is -0.469 e. The van der Waals surface area contributed by atoms with Gasteiger partial charge in [-0.1, -0.05) is 27.2 Å². The molecule has 11 heteroatoms. The minimum absolute atomic E-state index is 0.00694. The number of carbonyl (C=O) groups excluding carboxylic acids is 1. The van der Waals surface area contributed by atoms with Gasteiger partial charge < -0.3 is 9.84 Å². The average Bonchev–Trinajstić information content (AvgIpc) is 2.77. The number of nitro groups is 1. The van der Waals surface area contributed by atoms with E-state index < -0.39 is 25.9 Å². The lowest BCUT2D eigenvalue weighted by atomic mass is 9.79. The summed E-state index contributed by atoms with van der Waals surface area (Å²) < 4.78 is 29.3. The molecular weight excluding hydrogens is 558 g/mol. The van der Waals surface area contributed by atoms with Crippen molar-refractivity contribution in [1.29, 1.82) is 5.26 Å². The fourth-order valence-electron chi connectivity index (χ4n) is 1.80. The van der Waals surface area contributed by atoms with Gasteiger partial charge in [-0.25, -0.2) is 12.7 Å². The topological polar surface area (TPSA) is 151 Å². The summed E-state index contributed by atoms with van der Waals surface area (Å²) in [7, 11) is -1.67. The largest absolute Gasteiger partial charge is 0.469 e. The van der Waals surface area contributed by atoms with Gasteiger partial charge in [0.25, 0.3) is 0 Å². The van der Waals surface area contributed by atoms with Crippen LogP contribution in [-0.4, -0.2) is 64.8 Å². The third kappa shape index (κ3) is 23.8. The molecule has 42 heavy (non-hydrogen) atoms. The van der Waals surface area contributed by atoms with Gasteiger partial charge in [0, 0.05) is 44.2 Å². The lowest BCUT2D eigenvalue weighted by Crippen LogP contribution is -2.45. The third-order valence-electron chi connectivity index (χ3n) is 5.95. The molecule has 0 radical (unpaired) electrons. The van der Waals surface area contributed by atoms with Gasteiger partial charge in [-0.05, 0) is 94.4 Å². The molecule has 0 aromatic heterocycles. The number of nitriles is 1. The van der Waals surface area contributed by atoms with E-state index in [1.165, 1.54) is 7.11 Å². The van der Waals surface area contributed by atoms with Crippen molar-refractivity contribution >= 4 is 16.0 Å². The van der Waals surface area contributed by atoms with Crippen LogP contribution in [0.2, 0.25) is 0 Å². The molecule has 0 aromatic rings. The Morgan fingerprint density at radius 3 is 1.24 bits per heavy atom. The lowest BCUT2D eigenvalue weighted by Gasteiger charge is -2.33. The molecule has 0 saturated carbocycles. The molecule has 10 nitrogen and oxygen atoms in total. The molecule has 1 fully saturated rings. The van der Waals surface area contributed by atoms with E-state index in [2.05, 4.69) is 10.8 Å². The van der Waals surface area contributed by atoms with Crippen LogP contribution < -0.4 is 0 Å². The first-order valence-electron chi connectivity index (χ1n) is 14.5. The Kier molecular flexibility index (Phi) is 20.4. The van der Waals surface area contributed by atoms with E-state index in [0.29, 0.717) is 13.1 Å². The van der Waals surface area contributed by atoms with Gasteiger partial charge in [-0.2, -0.15) is 5.26 Å². The smallest absolute Gasteiger partial charge is 0.310 e. The van der Waals surface area contributed by atoms with Crippen molar-refractivity contribution in [2.75, 3.05) is 20.2 Å². The zero-order valence-electron chi connectivity index (χ0n) is 30.2. The average molecular weight is 624 g/mol. The summed E-state index contributed by atoms with van der Waals surface area (Å²) in [6, 6.07) is 2.10. The zero-order chi connectivity index (χ0) is 35.2. The highest BCUT2D eigenvalue weighted by Crippen LogP contribution is 2.28. The molecule has 1 aliphatic rings. The summed E-state index contributed by atoms with van der Waals surface area (Å²) in [5, 5.41) is 27.3. The van der Waals surface area contributed by atoms with Crippen LogP contribution in [0.4, 0.5) is 0 Å². The Morgan fingerprint density at radius 1 is 0.833 bits per heavy atom. The molecule has 0 aliphatic carbocycles. The summed E-state index contributed by atoms with van der Waals surface area (Å²) in [5.74, 6) is -0.169. The van der Waals surface area contributed by atoms with Gasteiger partial charge in [0.15, 0.2) is 0 Å². The van der Waals surface area contributed by atoms with Crippen molar-refractivity contribution in [1.82, 2.24) is 4.31 Å². The molecule has 0 atom stereocenters. The number of sulfonamides is 1. The SMILES string of the molecule is CC(C)(C)C#N.CC(C)(C)C(C)(C)O.CC(C)(C)S(=O)(=O)N1CCCCC1.CC(C)(C)[N+](=O)[O-].COC(=O)C(C)(C)C. The Labute approximate surface area is 258 Å². The Hall–Kier alpha value is -1.77. The van der Waals surface area contributed by atoms with Gasteiger partial charge in [0.1, 0.15) is 0 Å². The van der Waals surface area contributed by atoms with E-state index in [4.69, 9.17) is 5.26 Å². The van der Waals surface area contributed by atoms with E-state index in [1.54, 1.807) is 45.8 Å². The van der Waals surface area contributed by atoms with Crippen LogP contribution in [0.15, 0.2) is 0 Å². The number of hydrogen-bond acceptors (Lipinski definition) is 8. The molecule has 252 valence electrons. The minimum atomic E-state index is -3.07. The zero-order valence-corrected chi connectivity index (χ0v) is 31.0. The van der Waals surface area contributed by atoms with Crippen molar-refractivity contribution < 1.29 is 28.0 Å². The second-order valence-corrected chi connectivity index (χ2v) is 18.6. The number of ether oxygens (including phenoxy) is 1. The summed E-state index contributed by atoms with van der Waals surface area (Å²) in [5.41, 5.74) is -1.85. The van der Waals surface area contributed by atoms with Crippen molar-refractivity contribution in [2.45, 2.75) is 153 Å². The summed E-state index contributed by atoms with van der Waals surface area (Å²) in [6.45, 7) is 32.2. The predicted octanol–water partition coefficient (Wildman–Crippen LogP) is 7.23. The highest BCUT2D eigenvalue weighted by molar-refractivity contribution is 7.90. The maximum Gasteiger partial charge on any atom is 0.310 e. The third-order valence-corrected chi connectivity index (χ3v) is 8.54. The first-order chi connectivity index (χ1) is 18.1. The predicted molar refractivity (Wildman–Crippen MR) is 173 cm³/mol. The fourth-order valence-corrected chi connectivity index (χ4v) is 3.31. The molecule has 1 heterocycles. The molecule has 0 unspecified atom stereocenters. The van der Waals surface area contributed by atoms with Crippen LogP contribution in [0, 0.1) is 37.7 Å². The van der Waals surface area contributed by atoms with Crippen molar-refractivity contribution in [3.8, 4) is 6.07 Å². The second-order valence-electron chi connectivity index (χ2n) is 15.9. The molecule has 0 bridgehead atoms. The molecular formula is C31H65N3O7S. The first kappa shape index (κ1) is 47.2. The molecule has 0 aromatic carbocycles. The van der Waals surface area contributed by atoms with Gasteiger partial charge >= 0.3 is 5.97 Å². The maximum atomic E-state index is 11.9. The van der Waals surface area contributed by atoms with Gasteiger partial charge in [0.05, 0.1) is 28.9 Å². The lowest BCUT2D eigenvalue weighted by molar-refractivity contribution is -0.555. The standard InChI is InChI=1S/C9H19NO2S.C7H16O.C6H12O2.C5H9N.C4H9NO2/c1-9(2,3)13(11,12)10-7-5-4-6-8-10;1-6(2,3)7(4,5)8;1-6(2,3)5(7)8-4;1-5(2,3)4-6;1-4(2,3)5(6)7/h4-8H2,1-3H3;8H,1-5H3;1-4H3;1-3H3;1-3H3. The van der Waals surface area contributed by atoms with Gasteiger partial charge in [-0.3, -0.25) is 14.9 Å². The molecule has 0 spiro atoms. The number of nitrogens with zero attached hydrogens (tertiary/aromatic N) is 3. The van der Waals surface area contributed by atoms with E-state index in [1.807, 2.05) is 76.2 Å². The van der Waals surface area contributed by atoms with E-state index in [-0.39, 0.29) is 27.1 Å². The van der Waals surface area contributed by atoms with Crippen LogP contribution in [0.5, 0.6) is 0 Å². The van der Waals surface area contributed by atoms with Crippen LogP contribution in [0.1, 0.15) is 137 Å². The summed E-state index contributed by atoms with van der Waals surface area (Å²) >= 11 is 0. The van der Waals surface area contributed by atoms with Crippen LogP contribution >= 0.6 is 0 Å². The molecule has 1 rings (SSSR count). The normalized spacial score (nSPS) is 14.9. The first-order valence-corrected chi connectivity index (χ1v) is 15.9. The number of hydrogen-bond donors (Lipinski definition) is 1. The van der Waals surface area contributed by atoms with E-state index >= 15 is 0 Å². The summed E-state index contributed by atoms with van der Waals surface area (Å²) in [6.07, 6.45) is 3.18. The highest BCUT2D eigenvalue weighted by Gasteiger charge is 2.35. The number of piperidine rings is 1. The molecule has 1 aliphatic heterocycles. The quantitative estimate of drug-likeness (QED) is 0.182. The fraction of sp³-hybridized carbons (Fsp3) is 0.935. The molecule has 1 saturated heterocycles. The van der Waals surface area contributed by atoms with Gasteiger partial charge in [0.2, 0.25) is 15.6 Å². The molecule has 1 N–H and O–H groups in total. The van der Waals surface area contributed by atoms with Crippen LogP contribution in [-0.2, 0) is 19.6 Å². The van der Waals surface area contributed by atoms with Crippen LogP contribution in [0.25, 0.3) is 0 Å². The van der Waals surface area contributed by atoms with Crippen molar-refractivity contribution in [2.24, 2.45) is 16.2 Å². The number of aliphatic hydroxyl groups is 1. The second kappa shape index (κ2) is 18.1. The number of esters is 1. The Bertz CT molecular complexity index is 910. The highest BCUT2D eigenvalue weighted by atomic mass is 32.2. The number of carbonyl (C=O) groups is 1. The maximum absolute atomic E-state index is 11.9. The Morgan fingerprint density at radius 2 is 1.12 bits per heavy atom. The molecule has 0 amide bonds. The van der Waals surface area contributed by atoms with Crippen LogP contribution in [0.3, 0.4) is 0 Å². The monoisotopic (exact) mass is 623 g/mol. The van der Waals surface area contributed by atoms with E-state index in [9.17, 15) is 28.4 Å². The number of methoxy groups -OCH3 is 1.